The number of carbonyl (C=O) groups is 1. The Morgan fingerprint density at radius 2 is 1.77 bits per heavy atom. The first-order valence-electron chi connectivity index (χ1n) is 10.4. The molecule has 0 aliphatic carbocycles. The molecule has 7 heteroatoms. The highest BCUT2D eigenvalue weighted by atomic mass is 32.2. The molecule has 0 radical (unpaired) electrons. The fourth-order valence-electron chi connectivity index (χ4n) is 3.89. The number of anilines is 2. The van der Waals surface area contributed by atoms with Crippen LogP contribution >= 0.6 is 0 Å². The van der Waals surface area contributed by atoms with Gasteiger partial charge in [-0.25, -0.2) is 8.42 Å². The fourth-order valence-corrected chi connectivity index (χ4v) is 5.05. The summed E-state index contributed by atoms with van der Waals surface area (Å²) in [6.07, 6.45) is 4.88. The van der Waals surface area contributed by atoms with Crippen LogP contribution in [0, 0.1) is 6.92 Å². The predicted octanol–water partition coefficient (Wildman–Crippen LogP) is 3.46. The van der Waals surface area contributed by atoms with E-state index in [2.05, 4.69) is 22.3 Å². The third-order valence-corrected chi connectivity index (χ3v) is 6.71. The van der Waals surface area contributed by atoms with E-state index >= 15 is 0 Å². The number of nitrogens with zero attached hydrogens (tertiary/aromatic N) is 2. The Balaban J connectivity index is 1.65. The molecule has 0 saturated carbocycles. The molecule has 0 spiro atoms. The lowest BCUT2D eigenvalue weighted by Gasteiger charge is -2.29. The van der Waals surface area contributed by atoms with Crippen molar-refractivity contribution < 1.29 is 13.2 Å². The molecule has 1 aliphatic heterocycles. The maximum atomic E-state index is 12.8. The highest BCUT2D eigenvalue weighted by Gasteiger charge is 2.29. The lowest BCUT2D eigenvalue weighted by molar-refractivity contribution is -0.122. The van der Waals surface area contributed by atoms with Crippen LogP contribution in [0.4, 0.5) is 11.4 Å². The van der Waals surface area contributed by atoms with Gasteiger partial charge in [0.2, 0.25) is 15.9 Å². The van der Waals surface area contributed by atoms with E-state index in [1.54, 1.807) is 25.1 Å². The summed E-state index contributed by atoms with van der Waals surface area (Å²) in [5.74, 6) is -0.331. The minimum Gasteiger partial charge on any atom is -0.372 e. The normalized spacial score (nSPS) is 15.5. The number of sulfonamides is 1. The van der Waals surface area contributed by atoms with Gasteiger partial charge in [0.15, 0.2) is 0 Å². The Morgan fingerprint density at radius 1 is 1.10 bits per heavy atom. The quantitative estimate of drug-likeness (QED) is 0.732. The molecular weight excluding hydrogens is 398 g/mol. The molecular formula is C23H31N3O3S. The van der Waals surface area contributed by atoms with Crippen molar-refractivity contribution in [2.75, 3.05) is 28.6 Å². The summed E-state index contributed by atoms with van der Waals surface area (Å²) in [4.78, 5) is 15.1. The summed E-state index contributed by atoms with van der Waals surface area (Å²) >= 11 is 0. The minimum absolute atomic E-state index is 0.331. The zero-order valence-corrected chi connectivity index (χ0v) is 18.8. The maximum absolute atomic E-state index is 12.8. The first-order chi connectivity index (χ1) is 14.3. The second-order valence-electron chi connectivity index (χ2n) is 8.01. The maximum Gasteiger partial charge on any atom is 0.243 e. The number of hydrogen-bond acceptors (Lipinski definition) is 4. The molecule has 3 rings (SSSR count). The number of nitrogens with one attached hydrogen (secondary N) is 1. The number of rotatable bonds is 7. The van der Waals surface area contributed by atoms with Gasteiger partial charge in [-0.05, 0) is 68.5 Å². The van der Waals surface area contributed by atoms with Gasteiger partial charge in [-0.3, -0.25) is 9.10 Å². The van der Waals surface area contributed by atoms with Gasteiger partial charge >= 0.3 is 0 Å². The summed E-state index contributed by atoms with van der Waals surface area (Å²) in [5, 5.41) is 2.88. The topological polar surface area (TPSA) is 69.7 Å². The van der Waals surface area contributed by atoms with E-state index < -0.39 is 16.1 Å². The lowest BCUT2D eigenvalue weighted by atomic mass is 10.1. The molecule has 1 N–H and O–H groups in total. The van der Waals surface area contributed by atoms with E-state index in [0.29, 0.717) is 12.2 Å². The Labute approximate surface area is 179 Å². The largest absolute Gasteiger partial charge is 0.372 e. The van der Waals surface area contributed by atoms with Gasteiger partial charge in [0.1, 0.15) is 6.04 Å². The van der Waals surface area contributed by atoms with E-state index in [0.717, 1.165) is 30.5 Å². The van der Waals surface area contributed by atoms with Gasteiger partial charge < -0.3 is 10.2 Å². The SMILES string of the molecule is Cc1cccc(N(C(C)C(=O)NCc2ccc(N3CCCCC3)cc2)S(C)(=O)=O)c1. The van der Waals surface area contributed by atoms with Gasteiger partial charge in [-0.1, -0.05) is 24.3 Å². The average molecular weight is 430 g/mol. The van der Waals surface area contributed by atoms with Gasteiger partial charge in [0.05, 0.1) is 11.9 Å². The van der Waals surface area contributed by atoms with Crippen molar-refractivity contribution in [1.82, 2.24) is 5.32 Å². The molecule has 1 unspecified atom stereocenters. The summed E-state index contributed by atoms with van der Waals surface area (Å²) in [7, 11) is -3.61. The summed E-state index contributed by atoms with van der Waals surface area (Å²) in [6.45, 7) is 6.04. The molecule has 162 valence electrons. The Hall–Kier alpha value is -2.54. The molecule has 1 aliphatic rings. The van der Waals surface area contributed by atoms with Crippen LogP contribution < -0.4 is 14.5 Å². The monoisotopic (exact) mass is 429 g/mol. The molecule has 6 nitrogen and oxygen atoms in total. The molecule has 2 aromatic carbocycles. The van der Waals surface area contributed by atoms with Crippen molar-refractivity contribution in [2.45, 2.75) is 45.7 Å². The van der Waals surface area contributed by atoms with Gasteiger partial charge in [-0.15, -0.1) is 0 Å². The van der Waals surface area contributed by atoms with Crippen LogP contribution in [0.25, 0.3) is 0 Å². The second-order valence-corrected chi connectivity index (χ2v) is 9.87. The Kier molecular flexibility index (Phi) is 7.02. The van der Waals surface area contributed by atoms with Crippen molar-refractivity contribution in [3.8, 4) is 0 Å². The highest BCUT2D eigenvalue weighted by Crippen LogP contribution is 2.22. The molecule has 1 fully saturated rings. The minimum atomic E-state index is -3.61. The van der Waals surface area contributed by atoms with Crippen LogP contribution in [-0.4, -0.2) is 39.7 Å². The van der Waals surface area contributed by atoms with Crippen LogP contribution in [0.2, 0.25) is 0 Å². The van der Waals surface area contributed by atoms with Crippen LogP contribution in [0.3, 0.4) is 0 Å². The van der Waals surface area contributed by atoms with Gasteiger partial charge in [0.25, 0.3) is 0 Å². The first-order valence-corrected chi connectivity index (χ1v) is 12.3. The van der Waals surface area contributed by atoms with Crippen molar-refractivity contribution in [3.63, 3.8) is 0 Å². The second kappa shape index (κ2) is 9.51. The molecule has 0 bridgehead atoms. The fraction of sp³-hybridized carbons (Fsp3) is 0.435. The number of benzene rings is 2. The van der Waals surface area contributed by atoms with Gasteiger partial charge in [0, 0.05) is 25.3 Å². The molecule has 1 heterocycles. The Morgan fingerprint density at radius 3 is 2.37 bits per heavy atom. The molecule has 1 saturated heterocycles. The molecule has 2 aromatic rings. The zero-order chi connectivity index (χ0) is 21.7. The van der Waals surface area contributed by atoms with Crippen molar-refractivity contribution >= 4 is 27.3 Å². The third-order valence-electron chi connectivity index (χ3n) is 5.47. The van der Waals surface area contributed by atoms with Crippen LogP contribution in [0.15, 0.2) is 48.5 Å². The molecule has 30 heavy (non-hydrogen) atoms. The number of hydrogen-bond donors (Lipinski definition) is 1. The molecule has 0 aromatic heterocycles. The summed E-state index contributed by atoms with van der Waals surface area (Å²) in [6, 6.07) is 14.5. The molecule has 1 atom stereocenters. The lowest BCUT2D eigenvalue weighted by Crippen LogP contribution is -2.47. The summed E-state index contributed by atoms with van der Waals surface area (Å²) in [5.41, 5.74) is 3.62. The predicted molar refractivity (Wildman–Crippen MR) is 122 cm³/mol. The van der Waals surface area contributed by atoms with Crippen molar-refractivity contribution in [2.24, 2.45) is 0 Å². The number of aryl methyl sites for hydroxylation is 1. The van der Waals surface area contributed by atoms with Crippen LogP contribution in [-0.2, 0) is 21.4 Å². The highest BCUT2D eigenvalue weighted by molar-refractivity contribution is 7.92. The van der Waals surface area contributed by atoms with E-state index in [4.69, 9.17) is 0 Å². The van der Waals surface area contributed by atoms with E-state index in [9.17, 15) is 13.2 Å². The van der Waals surface area contributed by atoms with Crippen molar-refractivity contribution in [1.29, 1.82) is 0 Å². The number of piperidine rings is 1. The number of amides is 1. The van der Waals surface area contributed by atoms with E-state index in [1.807, 2.05) is 25.1 Å². The Bertz CT molecular complexity index is 967. The summed E-state index contributed by atoms with van der Waals surface area (Å²) < 4.78 is 26.0. The standard InChI is InChI=1S/C23H31N3O3S/c1-18-8-7-9-22(16-18)26(30(3,28)29)19(2)23(27)24-17-20-10-12-21(13-11-20)25-14-5-4-6-15-25/h7-13,16,19H,4-6,14-15,17H2,1-3H3,(H,24,27). The number of carbonyl (C=O) groups excluding carboxylic acids is 1. The molecule has 1 amide bonds. The van der Waals surface area contributed by atoms with Crippen molar-refractivity contribution in [3.05, 3.63) is 59.7 Å². The average Bonchev–Trinajstić information content (AvgIpc) is 2.72. The van der Waals surface area contributed by atoms with E-state index in [-0.39, 0.29) is 5.91 Å². The van der Waals surface area contributed by atoms with Crippen LogP contribution in [0.5, 0.6) is 0 Å². The van der Waals surface area contributed by atoms with E-state index in [1.165, 1.54) is 29.3 Å². The van der Waals surface area contributed by atoms with Crippen LogP contribution in [0.1, 0.15) is 37.3 Å². The third kappa shape index (κ3) is 5.53. The zero-order valence-electron chi connectivity index (χ0n) is 18.0. The van der Waals surface area contributed by atoms with Gasteiger partial charge in [-0.2, -0.15) is 0 Å². The smallest absolute Gasteiger partial charge is 0.243 e. The first kappa shape index (κ1) is 22.2.